The Morgan fingerprint density at radius 1 is 1.15 bits per heavy atom. The van der Waals surface area contributed by atoms with Crippen LogP contribution in [0.15, 0.2) is 29.2 Å². The van der Waals surface area contributed by atoms with E-state index in [9.17, 15) is 13.2 Å². The van der Waals surface area contributed by atoms with Gasteiger partial charge in [-0.2, -0.15) is 4.31 Å². The van der Waals surface area contributed by atoms with Crippen molar-refractivity contribution in [3.63, 3.8) is 0 Å². The number of carbonyl (C=O) groups is 1. The van der Waals surface area contributed by atoms with E-state index >= 15 is 0 Å². The number of hydrogen-bond acceptors (Lipinski definition) is 4. The maximum atomic E-state index is 12.9. The third kappa shape index (κ3) is 4.47. The SMILES string of the molecule is CC1CC(CN)CN1C(=O)c1ccc(S(=O)(=O)N2CCCCC2C)cc1.Cl. The van der Waals surface area contributed by atoms with Gasteiger partial charge in [0.05, 0.1) is 4.90 Å². The average molecular weight is 416 g/mol. The third-order valence-electron chi connectivity index (χ3n) is 5.71. The van der Waals surface area contributed by atoms with Gasteiger partial charge in [0.1, 0.15) is 0 Å². The van der Waals surface area contributed by atoms with E-state index in [0.29, 0.717) is 31.1 Å². The van der Waals surface area contributed by atoms with Crippen molar-refractivity contribution in [2.24, 2.45) is 11.7 Å². The summed E-state index contributed by atoms with van der Waals surface area (Å²) in [7, 11) is -3.50. The molecule has 1 aromatic rings. The highest BCUT2D eigenvalue weighted by molar-refractivity contribution is 7.89. The van der Waals surface area contributed by atoms with Crippen LogP contribution < -0.4 is 5.73 Å². The first-order chi connectivity index (χ1) is 12.3. The van der Waals surface area contributed by atoms with E-state index in [2.05, 4.69) is 0 Å². The summed E-state index contributed by atoms with van der Waals surface area (Å²) in [6.45, 7) is 5.80. The lowest BCUT2D eigenvalue weighted by Gasteiger charge is -2.32. The molecule has 6 nitrogen and oxygen atoms in total. The van der Waals surface area contributed by atoms with Crippen molar-refractivity contribution in [1.82, 2.24) is 9.21 Å². The van der Waals surface area contributed by atoms with Crippen molar-refractivity contribution in [3.8, 4) is 0 Å². The Hall–Kier alpha value is -1.15. The summed E-state index contributed by atoms with van der Waals surface area (Å²) in [5.41, 5.74) is 6.27. The summed E-state index contributed by atoms with van der Waals surface area (Å²) < 4.78 is 27.4. The highest BCUT2D eigenvalue weighted by Gasteiger charge is 2.33. The largest absolute Gasteiger partial charge is 0.336 e. The molecular weight excluding hydrogens is 386 g/mol. The minimum Gasteiger partial charge on any atom is -0.336 e. The smallest absolute Gasteiger partial charge is 0.254 e. The molecule has 2 N–H and O–H groups in total. The van der Waals surface area contributed by atoms with Crippen LogP contribution in [0.3, 0.4) is 0 Å². The number of hydrogen-bond donors (Lipinski definition) is 1. The topological polar surface area (TPSA) is 83.7 Å². The lowest BCUT2D eigenvalue weighted by molar-refractivity contribution is 0.0743. The number of amides is 1. The van der Waals surface area contributed by atoms with Crippen molar-refractivity contribution < 1.29 is 13.2 Å². The lowest BCUT2D eigenvalue weighted by atomic mass is 10.1. The minimum absolute atomic E-state index is 0. The van der Waals surface area contributed by atoms with Gasteiger partial charge in [-0.1, -0.05) is 6.42 Å². The third-order valence-corrected chi connectivity index (χ3v) is 7.73. The summed E-state index contributed by atoms with van der Waals surface area (Å²) in [5, 5.41) is 0. The molecule has 0 aromatic heterocycles. The Morgan fingerprint density at radius 3 is 2.37 bits per heavy atom. The molecule has 1 aromatic carbocycles. The number of carbonyl (C=O) groups excluding carboxylic acids is 1. The fourth-order valence-electron chi connectivity index (χ4n) is 4.10. The molecule has 2 fully saturated rings. The number of likely N-dealkylation sites (tertiary alicyclic amines) is 1. The molecule has 0 saturated carbocycles. The zero-order valence-electron chi connectivity index (χ0n) is 16.0. The van der Waals surface area contributed by atoms with E-state index in [-0.39, 0.29) is 35.3 Å². The first kappa shape index (κ1) is 22.1. The second-order valence-corrected chi connectivity index (χ2v) is 9.52. The summed E-state index contributed by atoms with van der Waals surface area (Å²) >= 11 is 0. The average Bonchev–Trinajstić information content (AvgIpc) is 3.02. The number of nitrogens with zero attached hydrogens (tertiary/aromatic N) is 2. The number of rotatable bonds is 4. The fraction of sp³-hybridized carbons (Fsp3) is 0.632. The molecule has 0 bridgehead atoms. The van der Waals surface area contributed by atoms with Crippen LogP contribution >= 0.6 is 12.4 Å². The van der Waals surface area contributed by atoms with Gasteiger partial charge in [-0.25, -0.2) is 8.42 Å². The van der Waals surface area contributed by atoms with Crippen LogP contribution in [0.1, 0.15) is 49.9 Å². The number of nitrogens with two attached hydrogens (primary N) is 1. The Kier molecular flexibility index (Phi) is 7.30. The second kappa shape index (κ2) is 8.90. The van der Waals surface area contributed by atoms with Crippen LogP contribution in [0, 0.1) is 5.92 Å². The molecule has 3 atom stereocenters. The van der Waals surface area contributed by atoms with Crippen LogP contribution in [0.25, 0.3) is 0 Å². The van der Waals surface area contributed by atoms with E-state index in [0.717, 1.165) is 25.7 Å². The van der Waals surface area contributed by atoms with Crippen LogP contribution in [-0.2, 0) is 10.0 Å². The fourth-order valence-corrected chi connectivity index (χ4v) is 5.80. The van der Waals surface area contributed by atoms with Crippen molar-refractivity contribution >= 4 is 28.3 Å². The normalized spacial score (nSPS) is 26.6. The van der Waals surface area contributed by atoms with Crippen LogP contribution in [0.2, 0.25) is 0 Å². The van der Waals surface area contributed by atoms with Crippen molar-refractivity contribution in [1.29, 1.82) is 0 Å². The molecule has 27 heavy (non-hydrogen) atoms. The second-order valence-electron chi connectivity index (χ2n) is 7.63. The quantitative estimate of drug-likeness (QED) is 0.818. The molecule has 3 rings (SSSR count). The van der Waals surface area contributed by atoms with Gasteiger partial charge >= 0.3 is 0 Å². The van der Waals surface area contributed by atoms with E-state index < -0.39 is 10.0 Å². The van der Waals surface area contributed by atoms with Crippen LogP contribution in [0.5, 0.6) is 0 Å². The van der Waals surface area contributed by atoms with E-state index in [1.807, 2.05) is 18.7 Å². The minimum atomic E-state index is -3.50. The monoisotopic (exact) mass is 415 g/mol. The Bertz CT molecular complexity index is 754. The molecular formula is C19H30ClN3O3S. The summed E-state index contributed by atoms with van der Waals surface area (Å²) in [6.07, 6.45) is 3.78. The van der Waals surface area contributed by atoms with E-state index in [1.165, 1.54) is 0 Å². The van der Waals surface area contributed by atoms with Crippen LogP contribution in [-0.4, -0.2) is 55.2 Å². The summed E-state index contributed by atoms with van der Waals surface area (Å²) in [6, 6.07) is 6.57. The lowest BCUT2D eigenvalue weighted by Crippen LogP contribution is -2.41. The summed E-state index contributed by atoms with van der Waals surface area (Å²) in [5.74, 6) is 0.290. The molecule has 8 heteroatoms. The molecule has 0 aliphatic carbocycles. The Balaban J connectivity index is 0.00000261. The molecule has 2 saturated heterocycles. The molecule has 0 spiro atoms. The standard InChI is InChI=1S/C19H29N3O3S.ClH/c1-14-5-3-4-10-22(14)26(24,25)18-8-6-17(7-9-18)19(23)21-13-16(12-20)11-15(21)2;/h6-9,14-16H,3-5,10-13,20H2,1-2H3;1H. The van der Waals surface area contributed by atoms with Crippen molar-refractivity contribution in [2.45, 2.75) is 56.5 Å². The Labute approximate surface area is 168 Å². The molecule has 152 valence electrons. The Morgan fingerprint density at radius 2 is 1.81 bits per heavy atom. The first-order valence-electron chi connectivity index (χ1n) is 9.47. The van der Waals surface area contributed by atoms with Gasteiger partial charge in [-0.15, -0.1) is 12.4 Å². The van der Waals surface area contributed by atoms with Gasteiger partial charge in [0, 0.05) is 30.7 Å². The van der Waals surface area contributed by atoms with Gasteiger partial charge in [0.2, 0.25) is 10.0 Å². The zero-order valence-corrected chi connectivity index (χ0v) is 17.6. The van der Waals surface area contributed by atoms with Gasteiger partial charge in [-0.05, 0) is 69.8 Å². The number of piperidine rings is 1. The summed E-state index contributed by atoms with van der Waals surface area (Å²) in [4.78, 5) is 14.9. The maximum Gasteiger partial charge on any atom is 0.254 e. The van der Waals surface area contributed by atoms with Crippen LogP contribution in [0.4, 0.5) is 0 Å². The van der Waals surface area contributed by atoms with E-state index in [1.54, 1.807) is 28.6 Å². The van der Waals surface area contributed by atoms with Gasteiger partial charge in [0.25, 0.3) is 5.91 Å². The predicted molar refractivity (Wildman–Crippen MR) is 109 cm³/mol. The van der Waals surface area contributed by atoms with Crippen molar-refractivity contribution in [2.75, 3.05) is 19.6 Å². The molecule has 1 amide bonds. The van der Waals surface area contributed by atoms with E-state index in [4.69, 9.17) is 5.73 Å². The number of sulfonamides is 1. The van der Waals surface area contributed by atoms with Gasteiger partial charge in [0.15, 0.2) is 0 Å². The highest BCUT2D eigenvalue weighted by Crippen LogP contribution is 2.27. The van der Waals surface area contributed by atoms with Gasteiger partial charge < -0.3 is 10.6 Å². The predicted octanol–water partition coefficient (Wildman–Crippen LogP) is 2.48. The number of halogens is 1. The molecule has 3 unspecified atom stereocenters. The highest BCUT2D eigenvalue weighted by atomic mass is 35.5. The maximum absolute atomic E-state index is 12.9. The van der Waals surface area contributed by atoms with Crippen molar-refractivity contribution in [3.05, 3.63) is 29.8 Å². The molecule has 2 aliphatic rings. The first-order valence-corrected chi connectivity index (χ1v) is 10.9. The number of benzene rings is 1. The molecule has 2 aliphatic heterocycles. The van der Waals surface area contributed by atoms with Gasteiger partial charge in [-0.3, -0.25) is 4.79 Å². The zero-order chi connectivity index (χ0) is 18.9. The molecule has 0 radical (unpaired) electrons. The molecule has 2 heterocycles.